The summed E-state index contributed by atoms with van der Waals surface area (Å²) in [6.07, 6.45) is 3.17. The lowest BCUT2D eigenvalue weighted by molar-refractivity contribution is -0.116. The van der Waals surface area contributed by atoms with E-state index in [4.69, 9.17) is 0 Å². The molecule has 0 bridgehead atoms. The molecule has 0 atom stereocenters. The van der Waals surface area contributed by atoms with Crippen molar-refractivity contribution in [3.8, 4) is 0 Å². The van der Waals surface area contributed by atoms with Gasteiger partial charge in [0.1, 0.15) is 12.4 Å². The largest absolute Gasteiger partial charge is 0.329 e. The third-order valence-corrected chi connectivity index (χ3v) is 4.15. The van der Waals surface area contributed by atoms with Crippen LogP contribution in [-0.2, 0) is 23.3 Å². The molecular formula is C19H23N5O2. The molecule has 0 spiro atoms. The number of nitrogens with zero attached hydrogens (tertiary/aromatic N) is 4. The minimum Gasteiger partial charge on any atom is -0.322 e. The molecule has 2 heterocycles. The maximum Gasteiger partial charge on any atom is 0.329 e. The van der Waals surface area contributed by atoms with E-state index in [0.29, 0.717) is 18.1 Å². The number of amides is 1. The predicted octanol–water partition coefficient (Wildman–Crippen LogP) is 2.55. The van der Waals surface area contributed by atoms with Crippen molar-refractivity contribution in [1.82, 2.24) is 19.1 Å². The number of imidazole rings is 1. The Hall–Kier alpha value is -2.96. The minimum absolute atomic E-state index is 0.0621. The van der Waals surface area contributed by atoms with Crippen LogP contribution in [0.3, 0.4) is 0 Å². The second kappa shape index (κ2) is 6.74. The molecule has 7 nitrogen and oxygen atoms in total. The van der Waals surface area contributed by atoms with E-state index in [-0.39, 0.29) is 23.6 Å². The van der Waals surface area contributed by atoms with Gasteiger partial charge in [0.25, 0.3) is 0 Å². The van der Waals surface area contributed by atoms with Crippen LogP contribution in [0.4, 0.5) is 5.69 Å². The van der Waals surface area contributed by atoms with Gasteiger partial charge in [0.05, 0.1) is 29.1 Å². The average Bonchev–Trinajstić information content (AvgIpc) is 2.86. The van der Waals surface area contributed by atoms with Gasteiger partial charge in [-0.05, 0) is 19.1 Å². The molecule has 0 saturated carbocycles. The van der Waals surface area contributed by atoms with Crippen LogP contribution in [0.15, 0.2) is 41.5 Å². The summed E-state index contributed by atoms with van der Waals surface area (Å²) in [6.45, 7) is 8.47. The first kappa shape index (κ1) is 17.8. The SMILES string of the molecule is CCn1c(=O)n(CC(=O)Nc2cnc(C(C)(C)C)nc2)c2ccccc21. The lowest BCUT2D eigenvalue weighted by atomic mass is 9.96. The number of aryl methyl sites for hydroxylation is 1. The molecule has 2 aromatic heterocycles. The van der Waals surface area contributed by atoms with E-state index in [1.54, 1.807) is 17.0 Å². The zero-order valence-corrected chi connectivity index (χ0v) is 15.5. The molecule has 0 saturated heterocycles. The molecule has 1 aromatic carbocycles. The van der Waals surface area contributed by atoms with E-state index in [1.165, 1.54) is 4.57 Å². The molecule has 26 heavy (non-hydrogen) atoms. The Morgan fingerprint density at radius 1 is 1.08 bits per heavy atom. The number of hydrogen-bond donors (Lipinski definition) is 1. The van der Waals surface area contributed by atoms with Crippen LogP contribution >= 0.6 is 0 Å². The fraction of sp³-hybridized carbons (Fsp3) is 0.368. The van der Waals surface area contributed by atoms with Crippen LogP contribution in [0.5, 0.6) is 0 Å². The summed E-state index contributed by atoms with van der Waals surface area (Å²) in [5.41, 5.74) is 1.73. The summed E-state index contributed by atoms with van der Waals surface area (Å²) in [7, 11) is 0. The Balaban J connectivity index is 1.82. The Morgan fingerprint density at radius 2 is 1.65 bits per heavy atom. The van der Waals surface area contributed by atoms with Crippen molar-refractivity contribution in [3.05, 3.63) is 53.0 Å². The fourth-order valence-electron chi connectivity index (χ4n) is 2.85. The van der Waals surface area contributed by atoms with Gasteiger partial charge < -0.3 is 5.32 Å². The maximum atomic E-state index is 12.6. The molecule has 0 radical (unpaired) electrons. The third kappa shape index (κ3) is 3.37. The molecule has 1 amide bonds. The second-order valence-corrected chi connectivity index (χ2v) is 7.20. The van der Waals surface area contributed by atoms with Crippen LogP contribution in [0.2, 0.25) is 0 Å². The van der Waals surface area contributed by atoms with Crippen molar-refractivity contribution in [1.29, 1.82) is 0 Å². The summed E-state index contributed by atoms with van der Waals surface area (Å²) in [4.78, 5) is 33.6. The molecule has 3 aromatic rings. The molecule has 0 aliphatic rings. The molecule has 0 fully saturated rings. The van der Waals surface area contributed by atoms with Crippen molar-refractivity contribution in [2.45, 2.75) is 46.2 Å². The van der Waals surface area contributed by atoms with Gasteiger partial charge in [-0.3, -0.25) is 13.9 Å². The van der Waals surface area contributed by atoms with Crippen LogP contribution in [-0.4, -0.2) is 25.0 Å². The van der Waals surface area contributed by atoms with E-state index >= 15 is 0 Å². The molecule has 136 valence electrons. The summed E-state index contributed by atoms with van der Waals surface area (Å²) in [5, 5.41) is 2.76. The highest BCUT2D eigenvalue weighted by atomic mass is 16.2. The first-order valence-electron chi connectivity index (χ1n) is 8.61. The number of nitrogens with one attached hydrogen (secondary N) is 1. The monoisotopic (exact) mass is 353 g/mol. The standard InChI is InChI=1S/C19H23N5O2/c1-5-23-14-8-6-7-9-15(14)24(18(23)26)12-16(25)22-13-10-20-17(21-11-13)19(2,3)4/h6-11H,5,12H2,1-4H3,(H,22,25). The maximum absolute atomic E-state index is 12.6. The lowest BCUT2D eigenvalue weighted by Gasteiger charge is -2.16. The highest BCUT2D eigenvalue weighted by Gasteiger charge is 2.18. The highest BCUT2D eigenvalue weighted by Crippen LogP contribution is 2.18. The summed E-state index contributed by atoms with van der Waals surface area (Å²) in [5.74, 6) is 0.413. The van der Waals surface area contributed by atoms with Crippen molar-refractivity contribution < 1.29 is 4.79 Å². The lowest BCUT2D eigenvalue weighted by Crippen LogP contribution is -2.29. The number of carbonyl (C=O) groups excluding carboxylic acids is 1. The quantitative estimate of drug-likeness (QED) is 0.781. The summed E-state index contributed by atoms with van der Waals surface area (Å²) in [6, 6.07) is 7.47. The van der Waals surface area contributed by atoms with E-state index in [9.17, 15) is 9.59 Å². The first-order valence-corrected chi connectivity index (χ1v) is 8.61. The Kier molecular flexibility index (Phi) is 4.63. The molecule has 0 aliphatic heterocycles. The highest BCUT2D eigenvalue weighted by molar-refractivity contribution is 5.91. The van der Waals surface area contributed by atoms with Crippen LogP contribution < -0.4 is 11.0 Å². The zero-order chi connectivity index (χ0) is 18.9. The van der Waals surface area contributed by atoms with Crippen molar-refractivity contribution in [2.24, 2.45) is 0 Å². The Bertz CT molecular complexity index is 993. The predicted molar refractivity (Wildman–Crippen MR) is 101 cm³/mol. The number of benzene rings is 1. The van der Waals surface area contributed by atoms with Gasteiger partial charge in [0, 0.05) is 12.0 Å². The molecule has 0 unspecified atom stereocenters. The van der Waals surface area contributed by atoms with Crippen LogP contribution in [0.1, 0.15) is 33.5 Å². The first-order chi connectivity index (χ1) is 12.3. The van der Waals surface area contributed by atoms with E-state index in [1.807, 2.05) is 52.0 Å². The van der Waals surface area contributed by atoms with Crippen molar-refractivity contribution >= 4 is 22.6 Å². The van der Waals surface area contributed by atoms with Gasteiger partial charge >= 0.3 is 5.69 Å². The fourth-order valence-corrected chi connectivity index (χ4v) is 2.85. The van der Waals surface area contributed by atoms with Gasteiger partial charge in [0.15, 0.2) is 0 Å². The van der Waals surface area contributed by atoms with Crippen molar-refractivity contribution in [3.63, 3.8) is 0 Å². The smallest absolute Gasteiger partial charge is 0.322 e. The summed E-state index contributed by atoms with van der Waals surface area (Å²) < 4.78 is 3.14. The second-order valence-electron chi connectivity index (χ2n) is 7.20. The minimum atomic E-state index is -0.293. The molecule has 3 rings (SSSR count). The number of anilines is 1. The van der Waals surface area contributed by atoms with E-state index < -0.39 is 0 Å². The molecule has 7 heteroatoms. The van der Waals surface area contributed by atoms with Gasteiger partial charge in [-0.15, -0.1) is 0 Å². The van der Waals surface area contributed by atoms with Gasteiger partial charge in [-0.2, -0.15) is 0 Å². The number of hydrogen-bond acceptors (Lipinski definition) is 4. The normalized spacial score (nSPS) is 11.7. The average molecular weight is 353 g/mol. The Morgan fingerprint density at radius 3 is 2.19 bits per heavy atom. The number of carbonyl (C=O) groups is 1. The van der Waals surface area contributed by atoms with E-state index in [0.717, 1.165) is 11.0 Å². The number of fused-ring (bicyclic) bond motifs is 1. The van der Waals surface area contributed by atoms with Crippen LogP contribution in [0.25, 0.3) is 11.0 Å². The van der Waals surface area contributed by atoms with E-state index in [2.05, 4.69) is 15.3 Å². The molecule has 1 N–H and O–H groups in total. The molecular weight excluding hydrogens is 330 g/mol. The van der Waals surface area contributed by atoms with Gasteiger partial charge in [-0.25, -0.2) is 14.8 Å². The summed E-state index contributed by atoms with van der Waals surface area (Å²) >= 11 is 0. The van der Waals surface area contributed by atoms with Crippen molar-refractivity contribution in [2.75, 3.05) is 5.32 Å². The number of aromatic nitrogens is 4. The van der Waals surface area contributed by atoms with Gasteiger partial charge in [-0.1, -0.05) is 32.9 Å². The van der Waals surface area contributed by atoms with Gasteiger partial charge in [0.2, 0.25) is 5.91 Å². The number of rotatable bonds is 4. The molecule has 0 aliphatic carbocycles. The topological polar surface area (TPSA) is 81.8 Å². The zero-order valence-electron chi connectivity index (χ0n) is 15.5. The van der Waals surface area contributed by atoms with Crippen LogP contribution in [0, 0.1) is 0 Å². The number of para-hydroxylation sites is 2. The Labute approximate surface area is 151 Å². The third-order valence-electron chi connectivity index (χ3n) is 4.15.